The van der Waals surface area contributed by atoms with E-state index in [0.717, 1.165) is 17.3 Å². The smallest absolute Gasteiger partial charge is 0.342 e. The molecule has 94 valence electrons. The third-order valence-electron chi connectivity index (χ3n) is 2.54. The Kier molecular flexibility index (Phi) is 3.15. The molecule has 0 atom stereocenters. The standard InChI is InChI=1S/C11H10N2O4S/c1-6-4-18-5-7(6)2-13-3-8(10(15)16)9(14)12-11(13)17/h3-5H,2H2,1H3,(H,15,16)(H,12,14,17). The Morgan fingerprint density at radius 1 is 1.44 bits per heavy atom. The summed E-state index contributed by atoms with van der Waals surface area (Å²) in [5, 5.41) is 12.6. The van der Waals surface area contributed by atoms with Crippen LogP contribution in [0, 0.1) is 6.92 Å². The normalized spacial score (nSPS) is 10.5. The summed E-state index contributed by atoms with van der Waals surface area (Å²) < 4.78 is 1.18. The van der Waals surface area contributed by atoms with E-state index in [1.807, 2.05) is 22.7 Å². The van der Waals surface area contributed by atoms with Crippen LogP contribution in [-0.4, -0.2) is 20.6 Å². The highest BCUT2D eigenvalue weighted by atomic mass is 32.1. The molecule has 2 rings (SSSR count). The minimum Gasteiger partial charge on any atom is -0.477 e. The lowest BCUT2D eigenvalue weighted by atomic mass is 10.2. The largest absolute Gasteiger partial charge is 0.477 e. The molecule has 0 aromatic carbocycles. The van der Waals surface area contributed by atoms with Crippen molar-refractivity contribution in [2.24, 2.45) is 0 Å². The fourth-order valence-corrected chi connectivity index (χ4v) is 2.36. The zero-order valence-corrected chi connectivity index (χ0v) is 10.3. The van der Waals surface area contributed by atoms with Gasteiger partial charge in [-0.3, -0.25) is 14.3 Å². The summed E-state index contributed by atoms with van der Waals surface area (Å²) >= 11 is 1.50. The van der Waals surface area contributed by atoms with E-state index in [1.54, 1.807) is 0 Å². The lowest BCUT2D eigenvalue weighted by Crippen LogP contribution is -2.33. The number of aromatic carboxylic acids is 1. The highest BCUT2D eigenvalue weighted by Gasteiger charge is 2.12. The Balaban J connectivity index is 2.49. The highest BCUT2D eigenvalue weighted by Crippen LogP contribution is 2.14. The maximum absolute atomic E-state index is 11.6. The van der Waals surface area contributed by atoms with E-state index in [0.29, 0.717) is 0 Å². The number of carboxylic acids is 1. The third kappa shape index (κ3) is 2.25. The number of nitrogens with one attached hydrogen (secondary N) is 1. The molecule has 2 aromatic heterocycles. The summed E-state index contributed by atoms with van der Waals surface area (Å²) in [6, 6.07) is 0. The molecule has 2 heterocycles. The number of aromatic nitrogens is 2. The van der Waals surface area contributed by atoms with E-state index in [-0.39, 0.29) is 6.54 Å². The number of aryl methyl sites for hydroxylation is 1. The Hall–Kier alpha value is -2.15. The lowest BCUT2D eigenvalue weighted by Gasteiger charge is -2.05. The molecule has 2 aromatic rings. The van der Waals surface area contributed by atoms with Gasteiger partial charge in [-0.15, -0.1) is 0 Å². The van der Waals surface area contributed by atoms with Crippen molar-refractivity contribution in [1.29, 1.82) is 0 Å². The molecule has 0 amide bonds. The second-order valence-corrected chi connectivity index (χ2v) is 4.56. The van der Waals surface area contributed by atoms with Gasteiger partial charge in [0, 0.05) is 6.20 Å². The molecular formula is C11H10N2O4S. The maximum atomic E-state index is 11.6. The minimum atomic E-state index is -1.35. The van der Waals surface area contributed by atoms with E-state index in [1.165, 1.54) is 15.9 Å². The van der Waals surface area contributed by atoms with Crippen molar-refractivity contribution in [1.82, 2.24) is 9.55 Å². The first-order chi connectivity index (χ1) is 8.49. The number of carbonyl (C=O) groups is 1. The average Bonchev–Trinajstić information content (AvgIpc) is 2.67. The van der Waals surface area contributed by atoms with Gasteiger partial charge in [-0.2, -0.15) is 11.3 Å². The molecule has 0 radical (unpaired) electrons. The van der Waals surface area contributed by atoms with Gasteiger partial charge in [-0.05, 0) is 28.8 Å². The zero-order valence-electron chi connectivity index (χ0n) is 9.47. The van der Waals surface area contributed by atoms with Gasteiger partial charge in [0.1, 0.15) is 5.56 Å². The molecule has 0 spiro atoms. The molecular weight excluding hydrogens is 256 g/mol. The quantitative estimate of drug-likeness (QED) is 0.853. The van der Waals surface area contributed by atoms with E-state index < -0.39 is 22.8 Å². The Bertz CT molecular complexity index is 710. The molecule has 0 aliphatic heterocycles. The van der Waals surface area contributed by atoms with Crippen LogP contribution in [0.3, 0.4) is 0 Å². The van der Waals surface area contributed by atoms with Gasteiger partial charge in [0.05, 0.1) is 6.54 Å². The number of H-pyrrole nitrogens is 1. The molecule has 0 aliphatic carbocycles. The van der Waals surface area contributed by atoms with E-state index >= 15 is 0 Å². The van der Waals surface area contributed by atoms with Crippen LogP contribution in [0.5, 0.6) is 0 Å². The van der Waals surface area contributed by atoms with Gasteiger partial charge in [0.15, 0.2) is 0 Å². The van der Waals surface area contributed by atoms with Crippen molar-refractivity contribution >= 4 is 17.3 Å². The van der Waals surface area contributed by atoms with Crippen LogP contribution in [0.15, 0.2) is 26.5 Å². The average molecular weight is 266 g/mol. The zero-order chi connectivity index (χ0) is 13.3. The summed E-state index contributed by atoms with van der Waals surface area (Å²) in [6.45, 7) is 2.14. The minimum absolute atomic E-state index is 0.241. The van der Waals surface area contributed by atoms with Crippen LogP contribution in [0.2, 0.25) is 0 Å². The van der Waals surface area contributed by atoms with Crippen LogP contribution in [0.4, 0.5) is 0 Å². The summed E-state index contributed by atoms with van der Waals surface area (Å²) in [7, 11) is 0. The number of nitrogens with zero attached hydrogens (tertiary/aromatic N) is 1. The first-order valence-corrected chi connectivity index (χ1v) is 6.02. The van der Waals surface area contributed by atoms with Crippen LogP contribution in [0.25, 0.3) is 0 Å². The lowest BCUT2D eigenvalue weighted by molar-refractivity contribution is 0.0693. The van der Waals surface area contributed by atoms with Crippen LogP contribution in [0.1, 0.15) is 21.5 Å². The fourth-order valence-electron chi connectivity index (χ4n) is 1.51. The number of rotatable bonds is 3. The summed E-state index contributed by atoms with van der Waals surface area (Å²) in [6.07, 6.45) is 1.07. The molecule has 0 unspecified atom stereocenters. The third-order valence-corrected chi connectivity index (χ3v) is 3.45. The second kappa shape index (κ2) is 4.61. The first kappa shape index (κ1) is 12.3. The summed E-state index contributed by atoms with van der Waals surface area (Å²) in [4.78, 5) is 35.6. The second-order valence-electron chi connectivity index (χ2n) is 3.82. The molecule has 0 bridgehead atoms. The maximum Gasteiger partial charge on any atom is 0.342 e. The monoisotopic (exact) mass is 266 g/mol. The highest BCUT2D eigenvalue weighted by molar-refractivity contribution is 7.08. The Morgan fingerprint density at radius 3 is 2.72 bits per heavy atom. The molecule has 0 saturated carbocycles. The van der Waals surface area contributed by atoms with E-state index in [9.17, 15) is 14.4 Å². The SMILES string of the molecule is Cc1cscc1Cn1cc(C(=O)O)c(=O)[nH]c1=O. The number of aromatic amines is 1. The van der Waals surface area contributed by atoms with Crippen LogP contribution >= 0.6 is 11.3 Å². The van der Waals surface area contributed by atoms with Crippen molar-refractivity contribution in [3.63, 3.8) is 0 Å². The number of thiophene rings is 1. The Morgan fingerprint density at radius 2 is 2.17 bits per heavy atom. The molecule has 7 heteroatoms. The molecule has 0 fully saturated rings. The predicted molar refractivity (Wildman–Crippen MR) is 66.4 cm³/mol. The van der Waals surface area contributed by atoms with Gasteiger partial charge in [0.25, 0.3) is 5.56 Å². The number of hydrogen-bond acceptors (Lipinski definition) is 4. The summed E-state index contributed by atoms with van der Waals surface area (Å²) in [5.41, 5.74) is 0.00401. The van der Waals surface area contributed by atoms with E-state index in [4.69, 9.17) is 5.11 Å². The number of hydrogen-bond donors (Lipinski definition) is 2. The van der Waals surface area contributed by atoms with E-state index in [2.05, 4.69) is 0 Å². The molecule has 6 nitrogen and oxygen atoms in total. The molecule has 2 N–H and O–H groups in total. The van der Waals surface area contributed by atoms with Crippen molar-refractivity contribution in [3.8, 4) is 0 Å². The van der Waals surface area contributed by atoms with Crippen LogP contribution < -0.4 is 11.2 Å². The first-order valence-electron chi connectivity index (χ1n) is 5.07. The Labute approximate surface area is 105 Å². The van der Waals surface area contributed by atoms with Gasteiger partial charge >= 0.3 is 11.7 Å². The fraction of sp³-hybridized carbons (Fsp3) is 0.182. The summed E-state index contributed by atoms with van der Waals surface area (Å²) in [5.74, 6) is -1.35. The van der Waals surface area contributed by atoms with Crippen LogP contribution in [-0.2, 0) is 6.54 Å². The number of carboxylic acid groups (broad SMARTS) is 1. The van der Waals surface area contributed by atoms with Gasteiger partial charge in [-0.25, -0.2) is 9.59 Å². The molecule has 0 saturated heterocycles. The predicted octanol–water partition coefficient (Wildman–Crippen LogP) is 0.653. The topological polar surface area (TPSA) is 92.2 Å². The van der Waals surface area contributed by atoms with Crippen molar-refractivity contribution in [2.45, 2.75) is 13.5 Å². The van der Waals surface area contributed by atoms with Crippen molar-refractivity contribution in [2.75, 3.05) is 0 Å². The van der Waals surface area contributed by atoms with Crippen molar-refractivity contribution in [3.05, 3.63) is 54.5 Å². The molecule has 0 aliphatic rings. The van der Waals surface area contributed by atoms with Gasteiger partial charge in [-0.1, -0.05) is 0 Å². The van der Waals surface area contributed by atoms with Gasteiger partial charge in [0.2, 0.25) is 0 Å². The van der Waals surface area contributed by atoms with Crippen molar-refractivity contribution < 1.29 is 9.90 Å². The van der Waals surface area contributed by atoms with Gasteiger partial charge < -0.3 is 5.11 Å². The molecule has 18 heavy (non-hydrogen) atoms.